The third-order valence-electron chi connectivity index (χ3n) is 3.83. The minimum absolute atomic E-state index is 0.0358. The molecule has 0 fully saturated rings. The van der Waals surface area contributed by atoms with Crippen LogP contribution in [0.5, 0.6) is 5.75 Å². The normalized spacial score (nSPS) is 13.4. The molecule has 1 unspecified atom stereocenters. The van der Waals surface area contributed by atoms with Crippen molar-refractivity contribution in [2.45, 2.75) is 21.9 Å². The second-order valence-corrected chi connectivity index (χ2v) is 9.13. The molecule has 1 atom stereocenters. The van der Waals surface area contributed by atoms with Crippen molar-refractivity contribution in [1.29, 1.82) is 0 Å². The molecule has 3 rings (SSSR count). The van der Waals surface area contributed by atoms with Gasteiger partial charge in [-0.1, -0.05) is 12.1 Å². The van der Waals surface area contributed by atoms with Crippen LogP contribution in [0.2, 0.25) is 0 Å². The number of hydrogen-bond acceptors (Lipinski definition) is 6. The molecule has 2 aromatic carbocycles. The fourth-order valence-electron chi connectivity index (χ4n) is 2.35. The van der Waals surface area contributed by atoms with Gasteiger partial charge in [-0.05, 0) is 48.0 Å². The maximum Gasteiger partial charge on any atom is 0.475 e. The Morgan fingerprint density at radius 3 is 2.29 bits per heavy atom. The first-order valence-corrected chi connectivity index (χ1v) is 11.2. The first-order valence-electron chi connectivity index (χ1n) is 8.49. The number of aromatic nitrogens is 1. The van der Waals surface area contributed by atoms with Gasteiger partial charge in [-0.25, -0.2) is 22.7 Å². The number of halogens is 3. The quantitative estimate of drug-likeness (QED) is 0.561. The molecule has 0 aliphatic heterocycles. The second-order valence-electron chi connectivity index (χ2n) is 6.10. The monoisotopic (exact) mass is 472 g/mol. The standard InChI is InChI=1S/C19H15F3N2O5S2/c20-19(21,22)30(25)16-6-1-13(2-7-16)3-10-18-24-14(12-29-18)11-28-15-4-8-17(9-5-15)31(23,26)27/h1-10,12H,11H2,(H2,23,26,27)/b10-3+. The topological polar surface area (TPSA) is 112 Å². The highest BCUT2D eigenvalue weighted by molar-refractivity contribution is 7.89. The van der Waals surface area contributed by atoms with Gasteiger partial charge in [0, 0.05) is 11.0 Å². The summed E-state index contributed by atoms with van der Waals surface area (Å²) in [4.78, 5) is 3.81. The number of alkyl halides is 3. The highest BCUT2D eigenvalue weighted by Crippen LogP contribution is 2.26. The molecule has 0 radical (unpaired) electrons. The Kier molecular flexibility index (Phi) is 6.62. The SMILES string of the molecule is NS(=O)(=O)c1ccc(OCc2coc(/C=C/c3ccc(S(=O)C(F)(F)F)cc3)n2)cc1. The Morgan fingerprint density at radius 1 is 1.06 bits per heavy atom. The van der Waals surface area contributed by atoms with E-state index in [1.807, 2.05) is 0 Å². The van der Waals surface area contributed by atoms with Crippen molar-refractivity contribution in [3.05, 3.63) is 71.9 Å². The fourth-order valence-corrected chi connectivity index (χ4v) is 3.52. The largest absolute Gasteiger partial charge is 0.487 e. The Hall–Kier alpha value is -2.96. The van der Waals surface area contributed by atoms with Crippen molar-refractivity contribution >= 4 is 33.0 Å². The highest BCUT2D eigenvalue weighted by Gasteiger charge is 2.37. The summed E-state index contributed by atoms with van der Waals surface area (Å²) in [5, 5.41) is 5.03. The van der Waals surface area contributed by atoms with Gasteiger partial charge in [-0.3, -0.25) is 0 Å². The van der Waals surface area contributed by atoms with Crippen LogP contribution in [0.15, 0.2) is 69.0 Å². The summed E-state index contributed by atoms with van der Waals surface area (Å²) in [6.07, 6.45) is 4.46. The maximum absolute atomic E-state index is 12.5. The predicted molar refractivity (Wildman–Crippen MR) is 106 cm³/mol. The Labute approximate surface area is 177 Å². The smallest absolute Gasteiger partial charge is 0.475 e. The van der Waals surface area contributed by atoms with Crippen LogP contribution in [-0.4, -0.2) is 23.1 Å². The van der Waals surface area contributed by atoms with Gasteiger partial charge in [0.25, 0.3) is 0 Å². The molecule has 0 aliphatic carbocycles. The van der Waals surface area contributed by atoms with Crippen LogP contribution in [0.1, 0.15) is 17.1 Å². The van der Waals surface area contributed by atoms with E-state index in [1.54, 1.807) is 6.08 Å². The molecule has 0 aliphatic rings. The number of nitrogens with two attached hydrogens (primary N) is 1. The predicted octanol–water partition coefficient (Wildman–Crippen LogP) is 3.70. The lowest BCUT2D eigenvalue weighted by Gasteiger charge is -2.05. The van der Waals surface area contributed by atoms with Crippen molar-refractivity contribution in [3.8, 4) is 5.75 Å². The molecular formula is C19H15F3N2O5S2. The minimum Gasteiger partial charge on any atom is -0.487 e. The van der Waals surface area contributed by atoms with Crippen molar-refractivity contribution in [2.75, 3.05) is 0 Å². The van der Waals surface area contributed by atoms with Crippen LogP contribution in [-0.2, 0) is 27.4 Å². The van der Waals surface area contributed by atoms with E-state index in [-0.39, 0.29) is 22.3 Å². The summed E-state index contributed by atoms with van der Waals surface area (Å²) in [6.45, 7) is 0.0595. The van der Waals surface area contributed by atoms with Crippen LogP contribution in [0.25, 0.3) is 12.2 Å². The van der Waals surface area contributed by atoms with Gasteiger partial charge in [0.15, 0.2) is 10.8 Å². The summed E-state index contributed by atoms with van der Waals surface area (Å²) in [6, 6.07) is 10.6. The molecule has 1 aromatic heterocycles. The first-order chi connectivity index (χ1) is 14.5. The van der Waals surface area contributed by atoms with E-state index in [9.17, 15) is 25.8 Å². The summed E-state index contributed by atoms with van der Waals surface area (Å²) in [5.41, 5.74) is -3.78. The summed E-state index contributed by atoms with van der Waals surface area (Å²) in [7, 11) is -6.86. The van der Waals surface area contributed by atoms with E-state index in [2.05, 4.69) is 4.98 Å². The number of primary sulfonamides is 1. The van der Waals surface area contributed by atoms with Gasteiger partial charge in [-0.2, -0.15) is 13.2 Å². The van der Waals surface area contributed by atoms with Gasteiger partial charge in [-0.15, -0.1) is 0 Å². The van der Waals surface area contributed by atoms with Crippen LogP contribution in [0.3, 0.4) is 0 Å². The Balaban J connectivity index is 1.58. The lowest BCUT2D eigenvalue weighted by molar-refractivity contribution is -0.0384. The third-order valence-corrected chi connectivity index (χ3v) is 5.88. The number of benzene rings is 2. The van der Waals surface area contributed by atoms with E-state index in [0.29, 0.717) is 17.0 Å². The molecule has 1 heterocycles. The van der Waals surface area contributed by atoms with E-state index < -0.39 is 26.3 Å². The van der Waals surface area contributed by atoms with Crippen LogP contribution >= 0.6 is 0 Å². The zero-order valence-corrected chi connectivity index (χ0v) is 17.2. The number of rotatable bonds is 7. The van der Waals surface area contributed by atoms with Crippen LogP contribution in [0, 0.1) is 0 Å². The van der Waals surface area contributed by atoms with E-state index in [4.69, 9.17) is 14.3 Å². The molecule has 164 valence electrons. The zero-order chi connectivity index (χ0) is 22.6. The molecule has 12 heteroatoms. The number of nitrogens with zero attached hydrogens (tertiary/aromatic N) is 1. The average Bonchev–Trinajstić information content (AvgIpc) is 3.17. The van der Waals surface area contributed by atoms with Gasteiger partial charge in [0.1, 0.15) is 24.3 Å². The van der Waals surface area contributed by atoms with E-state index >= 15 is 0 Å². The van der Waals surface area contributed by atoms with Crippen LogP contribution < -0.4 is 9.88 Å². The van der Waals surface area contributed by atoms with Gasteiger partial charge in [0.2, 0.25) is 15.9 Å². The number of sulfonamides is 1. The molecular weight excluding hydrogens is 457 g/mol. The summed E-state index contributed by atoms with van der Waals surface area (Å²) in [5.74, 6) is 0.648. The van der Waals surface area contributed by atoms with Crippen LogP contribution in [0.4, 0.5) is 13.2 Å². The number of hydrogen-bond donors (Lipinski definition) is 1. The fraction of sp³-hybridized carbons (Fsp3) is 0.105. The van der Waals surface area contributed by atoms with E-state index in [1.165, 1.54) is 48.7 Å². The molecule has 0 amide bonds. The molecule has 0 spiro atoms. The Bertz CT molecular complexity index is 1200. The minimum atomic E-state index is -4.81. The highest BCUT2D eigenvalue weighted by atomic mass is 32.2. The summed E-state index contributed by atoms with van der Waals surface area (Å²) >= 11 is 0. The maximum atomic E-state index is 12.5. The second kappa shape index (κ2) is 9.04. The van der Waals surface area contributed by atoms with Gasteiger partial charge in [0.05, 0.1) is 4.90 Å². The lowest BCUT2D eigenvalue weighted by Crippen LogP contribution is -2.16. The molecule has 7 nitrogen and oxygen atoms in total. The van der Waals surface area contributed by atoms with Crippen molar-refractivity contribution in [2.24, 2.45) is 5.14 Å². The van der Waals surface area contributed by atoms with Gasteiger partial charge < -0.3 is 9.15 Å². The van der Waals surface area contributed by atoms with E-state index in [0.717, 1.165) is 12.1 Å². The van der Waals surface area contributed by atoms with Crippen molar-refractivity contribution < 1.29 is 35.0 Å². The molecule has 0 saturated heterocycles. The Morgan fingerprint density at radius 2 is 1.71 bits per heavy atom. The average molecular weight is 472 g/mol. The van der Waals surface area contributed by atoms with Crippen molar-refractivity contribution in [3.63, 3.8) is 0 Å². The molecule has 0 bridgehead atoms. The summed E-state index contributed by atoms with van der Waals surface area (Å²) < 4.78 is 81.9. The van der Waals surface area contributed by atoms with Gasteiger partial charge >= 0.3 is 5.51 Å². The molecule has 0 saturated carbocycles. The molecule has 31 heavy (non-hydrogen) atoms. The van der Waals surface area contributed by atoms with Crippen molar-refractivity contribution in [1.82, 2.24) is 4.98 Å². The first kappa shape index (κ1) is 22.7. The number of oxazole rings is 1. The third kappa shape index (κ3) is 6.26. The number of ether oxygens (including phenoxy) is 1. The molecule has 2 N–H and O–H groups in total. The molecule has 3 aromatic rings. The zero-order valence-electron chi connectivity index (χ0n) is 15.6. The lowest BCUT2D eigenvalue weighted by atomic mass is 10.2.